The van der Waals surface area contributed by atoms with E-state index in [1.165, 1.54) is 0 Å². The maximum atomic E-state index is 11.8. The van der Waals surface area contributed by atoms with Gasteiger partial charge in [-0.2, -0.15) is 13.2 Å². The van der Waals surface area contributed by atoms with Crippen LogP contribution in [0.4, 0.5) is 18.0 Å². The van der Waals surface area contributed by atoms with Crippen LogP contribution in [0.1, 0.15) is 33.6 Å². The largest absolute Gasteiger partial charge is 0.508 e. The Bertz CT molecular complexity index is 310. The molecule has 19 heavy (non-hydrogen) atoms. The van der Waals surface area contributed by atoms with Gasteiger partial charge in [0.05, 0.1) is 6.61 Å². The summed E-state index contributed by atoms with van der Waals surface area (Å²) < 4.78 is 44.8. The molecule has 1 amide bonds. The van der Waals surface area contributed by atoms with Crippen LogP contribution in [0.5, 0.6) is 0 Å². The van der Waals surface area contributed by atoms with Crippen LogP contribution in [-0.2, 0) is 14.3 Å². The number of carbonyl (C=O) groups is 2. The second kappa shape index (κ2) is 7.20. The molecule has 112 valence electrons. The average Bonchev–Trinajstić information content (AvgIpc) is 2.18. The zero-order chi connectivity index (χ0) is 15.1. The molecule has 0 fully saturated rings. The first-order valence-corrected chi connectivity index (χ1v) is 5.69. The Hall–Kier alpha value is -1.47. The molecule has 0 bridgehead atoms. The fraction of sp³-hybridized carbons (Fsp3) is 0.818. The first kappa shape index (κ1) is 17.5. The molecule has 1 N–H and O–H groups in total. The number of ether oxygens (including phenoxy) is 2. The van der Waals surface area contributed by atoms with Gasteiger partial charge in [-0.1, -0.05) is 0 Å². The minimum Gasteiger partial charge on any atom is -0.434 e. The smallest absolute Gasteiger partial charge is 0.434 e. The van der Waals surface area contributed by atoms with E-state index in [4.69, 9.17) is 4.74 Å². The first-order chi connectivity index (χ1) is 8.49. The standard InChI is InChI=1S/C11H18F3NO4/c1-10(2,3)19-9(17)18-6-4-5-8(16)15-7-11(12,13)14/h4-7H2,1-3H3,(H,15,16). The van der Waals surface area contributed by atoms with Gasteiger partial charge in [0, 0.05) is 6.42 Å². The molecule has 0 aliphatic rings. The van der Waals surface area contributed by atoms with Crippen molar-refractivity contribution in [2.75, 3.05) is 13.2 Å². The highest BCUT2D eigenvalue weighted by atomic mass is 19.4. The predicted octanol–water partition coefficient (Wildman–Crippen LogP) is 2.40. The minimum absolute atomic E-state index is 0.0889. The number of halogens is 3. The van der Waals surface area contributed by atoms with Crippen LogP contribution in [0.2, 0.25) is 0 Å². The zero-order valence-corrected chi connectivity index (χ0v) is 11.1. The van der Waals surface area contributed by atoms with Crippen LogP contribution in [0.25, 0.3) is 0 Å². The van der Waals surface area contributed by atoms with Crippen LogP contribution in [0, 0.1) is 0 Å². The molecule has 0 aliphatic heterocycles. The molecule has 0 aromatic carbocycles. The number of rotatable bonds is 5. The molecule has 0 saturated carbocycles. The lowest BCUT2D eigenvalue weighted by Crippen LogP contribution is -2.33. The van der Waals surface area contributed by atoms with Crippen LogP contribution < -0.4 is 5.32 Å². The van der Waals surface area contributed by atoms with Gasteiger partial charge >= 0.3 is 12.3 Å². The second-order valence-electron chi connectivity index (χ2n) is 4.81. The van der Waals surface area contributed by atoms with Gasteiger partial charge in [-0.05, 0) is 27.2 Å². The molecule has 0 unspecified atom stereocenters. The Morgan fingerprint density at radius 2 is 1.74 bits per heavy atom. The van der Waals surface area contributed by atoms with Crippen molar-refractivity contribution in [1.29, 1.82) is 0 Å². The van der Waals surface area contributed by atoms with Crippen LogP contribution in [0.15, 0.2) is 0 Å². The van der Waals surface area contributed by atoms with Gasteiger partial charge in [0.2, 0.25) is 5.91 Å². The molecule has 0 heterocycles. The van der Waals surface area contributed by atoms with Gasteiger partial charge in [-0.3, -0.25) is 4.79 Å². The lowest BCUT2D eigenvalue weighted by molar-refractivity contribution is -0.138. The van der Waals surface area contributed by atoms with Crippen molar-refractivity contribution in [2.45, 2.75) is 45.4 Å². The molecular weight excluding hydrogens is 267 g/mol. The summed E-state index contributed by atoms with van der Waals surface area (Å²) in [5.41, 5.74) is -0.679. The van der Waals surface area contributed by atoms with E-state index in [0.29, 0.717) is 0 Å². The molecule has 0 aliphatic carbocycles. The molecular formula is C11H18F3NO4. The minimum atomic E-state index is -4.43. The van der Waals surface area contributed by atoms with Crippen molar-refractivity contribution in [1.82, 2.24) is 5.32 Å². The van der Waals surface area contributed by atoms with Crippen molar-refractivity contribution in [3.05, 3.63) is 0 Å². The third-order valence-corrected chi connectivity index (χ3v) is 1.64. The van der Waals surface area contributed by atoms with Crippen molar-refractivity contribution < 1.29 is 32.2 Å². The van der Waals surface area contributed by atoms with Crippen LogP contribution in [0.3, 0.4) is 0 Å². The van der Waals surface area contributed by atoms with E-state index >= 15 is 0 Å². The molecule has 8 heteroatoms. The highest BCUT2D eigenvalue weighted by Gasteiger charge is 2.27. The summed E-state index contributed by atoms with van der Waals surface area (Å²) in [6.45, 7) is 3.55. The first-order valence-electron chi connectivity index (χ1n) is 5.69. The number of hydrogen-bond acceptors (Lipinski definition) is 4. The monoisotopic (exact) mass is 285 g/mol. The molecule has 0 spiro atoms. The molecule has 0 atom stereocenters. The Kier molecular flexibility index (Phi) is 6.64. The fourth-order valence-electron chi connectivity index (χ4n) is 0.955. The predicted molar refractivity (Wildman–Crippen MR) is 60.5 cm³/mol. The van der Waals surface area contributed by atoms with E-state index in [0.717, 1.165) is 0 Å². The summed E-state index contributed by atoms with van der Waals surface area (Å²) in [5, 5.41) is 1.71. The molecule has 0 saturated heterocycles. The number of amides is 1. The van der Waals surface area contributed by atoms with Crippen molar-refractivity contribution >= 4 is 12.1 Å². The normalized spacial score (nSPS) is 11.9. The number of nitrogens with one attached hydrogen (secondary N) is 1. The highest BCUT2D eigenvalue weighted by molar-refractivity contribution is 5.75. The Morgan fingerprint density at radius 3 is 2.21 bits per heavy atom. The maximum Gasteiger partial charge on any atom is 0.508 e. The van der Waals surface area contributed by atoms with E-state index in [1.807, 2.05) is 0 Å². The van der Waals surface area contributed by atoms with Gasteiger partial charge in [0.1, 0.15) is 12.1 Å². The Morgan fingerprint density at radius 1 is 1.16 bits per heavy atom. The van der Waals surface area contributed by atoms with Crippen molar-refractivity contribution in [3.63, 3.8) is 0 Å². The van der Waals surface area contributed by atoms with E-state index in [1.54, 1.807) is 26.1 Å². The molecule has 0 aromatic rings. The lowest BCUT2D eigenvalue weighted by Gasteiger charge is -2.18. The molecule has 0 rings (SSSR count). The highest BCUT2D eigenvalue weighted by Crippen LogP contribution is 2.12. The van der Waals surface area contributed by atoms with Gasteiger partial charge in [-0.15, -0.1) is 0 Å². The quantitative estimate of drug-likeness (QED) is 0.622. The van der Waals surface area contributed by atoms with Crippen molar-refractivity contribution in [3.8, 4) is 0 Å². The van der Waals surface area contributed by atoms with Gasteiger partial charge in [0.25, 0.3) is 0 Å². The third kappa shape index (κ3) is 12.8. The van der Waals surface area contributed by atoms with Crippen LogP contribution >= 0.6 is 0 Å². The summed E-state index contributed by atoms with van der Waals surface area (Å²) in [6, 6.07) is 0. The molecule has 5 nitrogen and oxygen atoms in total. The lowest BCUT2D eigenvalue weighted by atomic mass is 10.2. The van der Waals surface area contributed by atoms with E-state index in [9.17, 15) is 22.8 Å². The average molecular weight is 285 g/mol. The topological polar surface area (TPSA) is 64.6 Å². The summed E-state index contributed by atoms with van der Waals surface area (Å²) in [4.78, 5) is 22.0. The summed E-state index contributed by atoms with van der Waals surface area (Å²) in [7, 11) is 0. The Labute approximate surface area is 109 Å². The number of hydrogen-bond donors (Lipinski definition) is 1. The fourth-order valence-corrected chi connectivity index (χ4v) is 0.955. The number of carbonyl (C=O) groups excluding carboxylic acids is 2. The van der Waals surface area contributed by atoms with E-state index in [-0.39, 0.29) is 19.4 Å². The maximum absolute atomic E-state index is 11.8. The summed E-state index contributed by atoms with van der Waals surface area (Å²) >= 11 is 0. The number of alkyl halides is 3. The third-order valence-electron chi connectivity index (χ3n) is 1.64. The van der Waals surface area contributed by atoms with Gasteiger partial charge < -0.3 is 14.8 Å². The molecule has 0 radical (unpaired) electrons. The summed E-state index contributed by atoms with van der Waals surface area (Å²) in [6.07, 6.45) is -5.33. The summed E-state index contributed by atoms with van der Waals surface area (Å²) in [5.74, 6) is -0.745. The zero-order valence-electron chi connectivity index (χ0n) is 11.1. The van der Waals surface area contributed by atoms with Gasteiger partial charge in [-0.25, -0.2) is 4.79 Å². The second-order valence-corrected chi connectivity index (χ2v) is 4.81. The molecule has 0 aromatic heterocycles. The van der Waals surface area contributed by atoms with Crippen LogP contribution in [-0.4, -0.2) is 37.0 Å². The van der Waals surface area contributed by atoms with E-state index in [2.05, 4.69) is 4.74 Å². The van der Waals surface area contributed by atoms with Crippen molar-refractivity contribution in [2.24, 2.45) is 0 Å². The Balaban J connectivity index is 3.64. The van der Waals surface area contributed by atoms with Gasteiger partial charge in [0.15, 0.2) is 0 Å². The van der Waals surface area contributed by atoms with E-state index < -0.39 is 30.4 Å². The SMILES string of the molecule is CC(C)(C)OC(=O)OCCCC(=O)NCC(F)(F)F.